The Bertz CT molecular complexity index is 3040. The highest BCUT2D eigenvalue weighted by Gasteiger charge is 2.21. The van der Waals surface area contributed by atoms with E-state index in [1.807, 2.05) is 92.7 Å². The number of hydrogen-bond acceptors (Lipinski definition) is 16. The summed E-state index contributed by atoms with van der Waals surface area (Å²) in [5.74, 6) is -0.146. The summed E-state index contributed by atoms with van der Waals surface area (Å²) in [4.78, 5) is 78.0. The van der Waals surface area contributed by atoms with Gasteiger partial charge in [-0.1, -0.05) is 54.9 Å². The fourth-order valence-electron chi connectivity index (χ4n) is 8.07. The molecule has 3 aromatic heterocycles. The van der Waals surface area contributed by atoms with E-state index in [2.05, 4.69) is 77.4 Å². The van der Waals surface area contributed by atoms with Crippen molar-refractivity contribution in [1.82, 2.24) is 45.7 Å². The van der Waals surface area contributed by atoms with Crippen LogP contribution in [0.25, 0.3) is 17.3 Å². The number of nitrogens with zero attached hydrogens (tertiary/aromatic N) is 8. The first kappa shape index (κ1) is 57.3. The third kappa shape index (κ3) is 18.7. The summed E-state index contributed by atoms with van der Waals surface area (Å²) in [7, 11) is 0. The highest BCUT2D eigenvalue weighted by molar-refractivity contribution is 9.10. The summed E-state index contributed by atoms with van der Waals surface area (Å²) >= 11 is 3.30. The van der Waals surface area contributed by atoms with E-state index in [1.165, 1.54) is 12.3 Å². The van der Waals surface area contributed by atoms with Gasteiger partial charge in [0.2, 0.25) is 11.9 Å². The Balaban J connectivity index is 0.698. The minimum absolute atomic E-state index is 0.0472. The Morgan fingerprint density at radius 1 is 0.872 bits per heavy atom. The van der Waals surface area contributed by atoms with E-state index in [1.54, 1.807) is 48.9 Å². The second kappa shape index (κ2) is 30.4. The Hall–Kier alpha value is -8.42. The predicted molar refractivity (Wildman–Crippen MR) is 300 cm³/mol. The lowest BCUT2D eigenvalue weighted by atomic mass is 10.0. The van der Waals surface area contributed by atoms with Gasteiger partial charge in [-0.25, -0.2) is 15.0 Å². The monoisotopic (exact) mass is 1120 g/mol. The Kier molecular flexibility index (Phi) is 22.3. The fourth-order valence-corrected chi connectivity index (χ4v) is 8.43. The summed E-state index contributed by atoms with van der Waals surface area (Å²) in [6.45, 7) is 9.11. The molecule has 404 valence electrons. The van der Waals surface area contributed by atoms with E-state index in [9.17, 15) is 24.4 Å². The number of ether oxygens (including phenoxy) is 2. The van der Waals surface area contributed by atoms with Crippen molar-refractivity contribution < 1.29 is 33.5 Å². The van der Waals surface area contributed by atoms with Crippen LogP contribution in [-0.4, -0.2) is 132 Å². The van der Waals surface area contributed by atoms with E-state index in [0.29, 0.717) is 59.4 Å². The van der Waals surface area contributed by atoms with Crippen LogP contribution >= 0.6 is 15.9 Å². The lowest BCUT2D eigenvalue weighted by molar-refractivity contribution is -0.126. The largest absolute Gasteiger partial charge is 0.488 e. The second-order valence-corrected chi connectivity index (χ2v) is 18.8. The number of nitriles is 1. The number of aromatic nitrogens is 4. The number of hydrogen-bond donors (Lipinski definition) is 5. The van der Waals surface area contributed by atoms with Crippen molar-refractivity contribution in [3.8, 4) is 23.1 Å². The molecule has 21 heteroatoms. The van der Waals surface area contributed by atoms with Crippen LogP contribution in [-0.2, 0) is 30.5 Å². The van der Waals surface area contributed by atoms with Crippen molar-refractivity contribution in [2.45, 2.75) is 39.3 Å². The fraction of sp³-hybridized carbons (Fsp3) is 0.298. The normalized spacial score (nSPS) is 13.2. The molecule has 0 bridgehead atoms. The van der Waals surface area contributed by atoms with Gasteiger partial charge >= 0.3 is 0 Å². The molecule has 5 N–H and O–H groups in total. The van der Waals surface area contributed by atoms with E-state index in [4.69, 9.17) is 14.3 Å². The number of piperazine rings is 1. The first-order valence-electron chi connectivity index (χ1n) is 25.5. The minimum Gasteiger partial charge on any atom is -0.488 e. The highest BCUT2D eigenvalue weighted by atomic mass is 79.9. The van der Waals surface area contributed by atoms with Crippen molar-refractivity contribution >= 4 is 69.2 Å². The van der Waals surface area contributed by atoms with E-state index >= 15 is 0 Å². The van der Waals surface area contributed by atoms with Crippen LogP contribution in [0.4, 0.5) is 17.3 Å². The van der Waals surface area contributed by atoms with Gasteiger partial charge in [-0.05, 0) is 119 Å². The third-order valence-corrected chi connectivity index (χ3v) is 12.6. The molecule has 1 unspecified atom stereocenters. The molecule has 7 rings (SSSR count). The topological polar surface area (TPSA) is 250 Å². The van der Waals surface area contributed by atoms with Gasteiger partial charge < -0.3 is 40.9 Å². The van der Waals surface area contributed by atoms with Gasteiger partial charge in [-0.2, -0.15) is 5.26 Å². The van der Waals surface area contributed by atoms with Gasteiger partial charge in [0.05, 0.1) is 43.4 Å². The van der Waals surface area contributed by atoms with Crippen LogP contribution in [0, 0.1) is 18.3 Å². The summed E-state index contributed by atoms with van der Waals surface area (Å²) in [6.07, 6.45) is 9.48. The van der Waals surface area contributed by atoms with E-state index in [0.717, 1.165) is 72.8 Å². The Morgan fingerprint density at radius 2 is 1.64 bits per heavy atom. The molecule has 1 aliphatic heterocycles. The average molecular weight is 1120 g/mol. The molecule has 1 atom stereocenters. The molecule has 6 aromatic rings. The van der Waals surface area contributed by atoms with Gasteiger partial charge in [0.15, 0.2) is 6.61 Å². The van der Waals surface area contributed by atoms with Crippen LogP contribution in [0.15, 0.2) is 137 Å². The zero-order valence-corrected chi connectivity index (χ0v) is 45.1. The zero-order chi connectivity index (χ0) is 54.9. The molecule has 4 heterocycles. The lowest BCUT2D eigenvalue weighted by Gasteiger charge is -2.34. The Morgan fingerprint density at radius 3 is 2.37 bits per heavy atom. The number of aryl methyl sites for hydroxylation is 1. The van der Waals surface area contributed by atoms with Crippen LogP contribution in [0.3, 0.4) is 0 Å². The molecular weight excluding hydrogens is 1060 g/mol. The second-order valence-electron chi connectivity index (χ2n) is 18.0. The summed E-state index contributed by atoms with van der Waals surface area (Å²) < 4.78 is 11.9. The van der Waals surface area contributed by atoms with Gasteiger partial charge in [-0.15, -0.1) is 0 Å². The molecule has 1 saturated heterocycles. The SMILES string of the molecule is CCCC(NC(=O)/C(C#N)=C/c1cccc(Br)n1)c1ccc(OC/C=N/OCC(=O)NCCOCCNC(=O)CN2CCN(Cc3ccc(C(=O)Nc4ccc(C)c(Nc5nccc(-c6cccnc6)n5)c4)cc3)CC2)cc1. The van der Waals surface area contributed by atoms with E-state index < -0.39 is 5.91 Å². The summed E-state index contributed by atoms with van der Waals surface area (Å²) in [6, 6.07) is 33.1. The van der Waals surface area contributed by atoms with Crippen molar-refractivity contribution in [2.75, 3.05) is 82.9 Å². The molecule has 4 amide bonds. The van der Waals surface area contributed by atoms with Crippen molar-refractivity contribution in [2.24, 2.45) is 5.16 Å². The lowest BCUT2D eigenvalue weighted by Crippen LogP contribution is -2.49. The maximum atomic E-state index is 13.2. The van der Waals surface area contributed by atoms with Crippen molar-refractivity contribution in [1.29, 1.82) is 5.26 Å². The molecule has 1 fully saturated rings. The molecule has 0 aliphatic carbocycles. The number of carbonyl (C=O) groups excluding carboxylic acids is 4. The van der Waals surface area contributed by atoms with E-state index in [-0.39, 0.29) is 55.7 Å². The van der Waals surface area contributed by atoms with Crippen LogP contribution in [0.5, 0.6) is 5.75 Å². The van der Waals surface area contributed by atoms with Crippen molar-refractivity contribution in [3.05, 3.63) is 160 Å². The number of benzene rings is 3. The predicted octanol–water partition coefficient (Wildman–Crippen LogP) is 7.01. The molecule has 3 aromatic carbocycles. The number of nitrogens with one attached hydrogen (secondary N) is 5. The number of carbonyl (C=O) groups is 4. The van der Waals surface area contributed by atoms with Gasteiger partial charge in [-0.3, -0.25) is 34.0 Å². The Labute approximate surface area is 461 Å². The molecule has 0 spiro atoms. The van der Waals surface area contributed by atoms with Crippen LogP contribution < -0.4 is 31.3 Å². The zero-order valence-electron chi connectivity index (χ0n) is 43.5. The first-order chi connectivity index (χ1) is 38.0. The average Bonchev–Trinajstić information content (AvgIpc) is 3.46. The smallest absolute Gasteiger partial charge is 0.262 e. The minimum atomic E-state index is -0.487. The molecule has 0 saturated carbocycles. The number of pyridine rings is 2. The van der Waals surface area contributed by atoms with Gasteiger partial charge in [0.1, 0.15) is 28.6 Å². The standard InChI is InChI=1S/C57H62BrN13O7/c1-3-6-49(67-56(75)45(35-59)33-46-8-4-9-52(58)65-46)42-15-18-48(19-16-42)77-32-25-64-78-39-54(73)62-24-31-76-30-23-61-53(72)38-71-28-26-70(27-29-71)37-41-11-13-43(14-12-41)55(74)66-47-17-10-40(2)51(34-47)69-57-63-22-20-50(68-57)44-7-5-21-60-36-44/h4-5,7-22,25,33-34,36,49H,3,6,23-24,26-32,37-39H2,1-2H3,(H,61,72)(H,62,73)(H,66,74)(H,67,75)(H,63,68,69)/b45-33+,64-25+. The molecule has 0 radical (unpaired) electrons. The summed E-state index contributed by atoms with van der Waals surface area (Å²) in [5, 5.41) is 28.3. The molecular formula is C57H62BrN13O7. The molecule has 1 aliphatic rings. The first-order valence-corrected chi connectivity index (χ1v) is 26.3. The maximum absolute atomic E-state index is 13.2. The molecule has 78 heavy (non-hydrogen) atoms. The summed E-state index contributed by atoms with van der Waals surface area (Å²) in [5.41, 5.74) is 6.95. The van der Waals surface area contributed by atoms with Crippen LogP contribution in [0.2, 0.25) is 0 Å². The maximum Gasteiger partial charge on any atom is 0.262 e. The number of amides is 4. The number of halogens is 1. The van der Waals surface area contributed by atoms with Crippen molar-refractivity contribution in [3.63, 3.8) is 0 Å². The quantitative estimate of drug-likeness (QED) is 0.00869. The molecule has 20 nitrogen and oxygen atoms in total. The number of rotatable bonds is 27. The number of oxime groups is 1. The third-order valence-electron chi connectivity index (χ3n) is 12.2. The van der Waals surface area contributed by atoms with Gasteiger partial charge in [0, 0.05) is 86.9 Å². The van der Waals surface area contributed by atoms with Crippen LogP contribution in [0.1, 0.15) is 58.5 Å². The van der Waals surface area contributed by atoms with Gasteiger partial charge in [0.25, 0.3) is 17.7 Å². The highest BCUT2D eigenvalue weighted by Crippen LogP contribution is 2.26. The number of anilines is 3.